The third-order valence-electron chi connectivity index (χ3n) is 10.8. The topological polar surface area (TPSA) is 202 Å². The van der Waals surface area contributed by atoms with Gasteiger partial charge >= 0.3 is 0 Å². The van der Waals surface area contributed by atoms with Crippen LogP contribution in [0, 0.1) is 20.8 Å². The Balaban J connectivity index is 0.774. The van der Waals surface area contributed by atoms with Crippen molar-refractivity contribution in [1.82, 2.24) is 50.2 Å². The summed E-state index contributed by atoms with van der Waals surface area (Å²) < 4.78 is 16.4. The van der Waals surface area contributed by atoms with Crippen LogP contribution in [0.1, 0.15) is 70.1 Å². The molecule has 3 amide bonds. The van der Waals surface area contributed by atoms with Crippen LogP contribution in [0.5, 0.6) is 0 Å². The summed E-state index contributed by atoms with van der Waals surface area (Å²) in [7, 11) is 0. The maximum absolute atomic E-state index is 13.5. The van der Waals surface area contributed by atoms with Crippen LogP contribution in [0.15, 0.2) is 65.7 Å². The molecule has 0 aliphatic carbocycles. The second-order valence-electron chi connectivity index (χ2n) is 14.8. The predicted octanol–water partition coefficient (Wildman–Crippen LogP) is 4.57. The number of carbonyl (C=O) groups is 3. The average Bonchev–Trinajstić information content (AvgIpc) is 3.92. The maximum atomic E-state index is 13.5. The number of benzene rings is 2. The summed E-state index contributed by atoms with van der Waals surface area (Å²) in [4.78, 5) is 51.7. The van der Waals surface area contributed by atoms with Crippen LogP contribution in [-0.2, 0) is 36.9 Å². The van der Waals surface area contributed by atoms with Gasteiger partial charge in [0.2, 0.25) is 11.8 Å². The average molecular weight is 866 g/mol. The summed E-state index contributed by atoms with van der Waals surface area (Å²) in [5.74, 6) is 0.112. The minimum absolute atomic E-state index is 0.152. The van der Waals surface area contributed by atoms with E-state index in [-0.39, 0.29) is 43.5 Å². The molecule has 19 heteroatoms. The Morgan fingerprint density at radius 3 is 2.59 bits per heavy atom. The molecule has 6 aromatic rings. The molecule has 61 heavy (non-hydrogen) atoms. The molecule has 3 N–H and O–H groups in total. The lowest BCUT2D eigenvalue weighted by molar-refractivity contribution is -0.136. The van der Waals surface area contributed by atoms with Crippen molar-refractivity contribution in [1.29, 1.82) is 0 Å². The van der Waals surface area contributed by atoms with Gasteiger partial charge < -0.3 is 20.1 Å². The molecule has 0 spiro atoms. The van der Waals surface area contributed by atoms with E-state index in [0.717, 1.165) is 38.0 Å². The zero-order valence-electron chi connectivity index (χ0n) is 33.8. The first-order valence-corrected chi connectivity index (χ1v) is 21.1. The van der Waals surface area contributed by atoms with Crippen molar-refractivity contribution in [2.45, 2.75) is 65.1 Å². The lowest BCUT2D eigenvalue weighted by atomic mass is 9.92. The van der Waals surface area contributed by atoms with Gasteiger partial charge in [-0.05, 0) is 68.2 Å². The van der Waals surface area contributed by atoms with E-state index in [4.69, 9.17) is 21.1 Å². The number of halogens is 1. The number of thiophene rings is 1. The van der Waals surface area contributed by atoms with Crippen molar-refractivity contribution in [3.8, 4) is 5.00 Å². The molecule has 2 aromatic carbocycles. The van der Waals surface area contributed by atoms with Gasteiger partial charge in [-0.1, -0.05) is 41.1 Å². The Labute approximate surface area is 359 Å². The van der Waals surface area contributed by atoms with Gasteiger partial charge in [-0.3, -0.25) is 29.1 Å². The van der Waals surface area contributed by atoms with E-state index in [2.05, 4.69) is 66.0 Å². The summed E-state index contributed by atoms with van der Waals surface area (Å²) in [5.41, 5.74) is 5.28. The number of nitrogens with one attached hydrogen (secondary N) is 3. The Morgan fingerprint density at radius 2 is 1.79 bits per heavy atom. The normalized spacial score (nSPS) is 16.2. The number of nitrogens with zero attached hydrogens (tertiary/aromatic N) is 8. The number of amides is 3. The van der Waals surface area contributed by atoms with Crippen LogP contribution in [0.2, 0.25) is 5.02 Å². The molecule has 0 bridgehead atoms. The van der Waals surface area contributed by atoms with Crippen LogP contribution in [0.4, 0.5) is 5.69 Å². The number of aryl methyl sites for hydroxylation is 2. The second kappa shape index (κ2) is 18.3. The number of ether oxygens (including phenoxy) is 2. The van der Waals surface area contributed by atoms with Gasteiger partial charge in [0.15, 0.2) is 0 Å². The van der Waals surface area contributed by atoms with Crippen LogP contribution in [0.3, 0.4) is 0 Å². The van der Waals surface area contributed by atoms with Gasteiger partial charge in [-0.15, -0.1) is 26.6 Å². The first-order chi connectivity index (χ1) is 29.5. The van der Waals surface area contributed by atoms with Crippen molar-refractivity contribution in [2.24, 2.45) is 0 Å². The molecular formula is C42H44ClN11O6S. The zero-order chi connectivity index (χ0) is 42.6. The molecule has 2 aliphatic heterocycles. The fraction of sp³-hybridized carbons (Fsp3) is 0.357. The summed E-state index contributed by atoms with van der Waals surface area (Å²) >= 11 is 7.95. The number of hydrogen-bond donors (Lipinski definition) is 3. The number of aromatic nitrogens is 8. The van der Waals surface area contributed by atoms with E-state index in [1.807, 2.05) is 37.3 Å². The Morgan fingerprint density at radius 1 is 0.984 bits per heavy atom. The summed E-state index contributed by atoms with van der Waals surface area (Å²) in [5, 5.41) is 32.9. The lowest BCUT2D eigenvalue weighted by Gasteiger charge is -2.22. The van der Waals surface area contributed by atoms with Crippen molar-refractivity contribution in [3.05, 3.63) is 115 Å². The largest absolute Gasteiger partial charge is 0.382 e. The van der Waals surface area contributed by atoms with Gasteiger partial charge in [0.05, 0.1) is 57.3 Å². The zero-order valence-corrected chi connectivity index (χ0v) is 35.4. The number of hydrogen-bond acceptors (Lipinski definition) is 13. The quantitative estimate of drug-likeness (QED) is 0.0906. The summed E-state index contributed by atoms with van der Waals surface area (Å²) in [6.07, 6.45) is 6.01. The van der Waals surface area contributed by atoms with E-state index in [1.54, 1.807) is 40.5 Å². The van der Waals surface area contributed by atoms with E-state index >= 15 is 0 Å². The standard InChI is InChI=1S/C42H44ClN11O6S/c1-24-25(2)61-42-38(24)32(27-7-9-29(43)10-8-27)19-28(39-50-48-26(3)53(39)42)20-37(56)45-21-30-23-52(51-49-30)14-16-60-18-17-59-15-13-44-34-6-4-5-31-33(34)22-46-54(41(31)58)35-11-12-36(55)47-40(35)57/h4-10,19,22-23,28,35,44H,11-18,20-21H2,1-3H3,(H,45,56)(H,47,55,57)/t28-,35?/m0/s1. The van der Waals surface area contributed by atoms with Crippen LogP contribution < -0.4 is 21.5 Å². The molecule has 8 rings (SSSR count). The highest BCUT2D eigenvalue weighted by Gasteiger charge is 2.32. The Hall–Kier alpha value is -6.08. The summed E-state index contributed by atoms with van der Waals surface area (Å²) in [6.45, 7) is 8.89. The molecule has 316 valence electrons. The maximum Gasteiger partial charge on any atom is 0.275 e. The van der Waals surface area contributed by atoms with E-state index < -0.39 is 17.5 Å². The molecule has 0 radical (unpaired) electrons. The molecule has 17 nitrogen and oxygen atoms in total. The molecule has 0 saturated carbocycles. The van der Waals surface area contributed by atoms with Gasteiger partial charge in [0.25, 0.3) is 11.5 Å². The van der Waals surface area contributed by atoms with E-state index in [0.29, 0.717) is 66.7 Å². The lowest BCUT2D eigenvalue weighted by Crippen LogP contribution is -2.45. The first kappa shape index (κ1) is 41.6. The Kier molecular flexibility index (Phi) is 12.5. The van der Waals surface area contributed by atoms with Crippen molar-refractivity contribution >= 4 is 62.7 Å². The molecular weight excluding hydrogens is 822 g/mol. The molecule has 1 fully saturated rings. The monoisotopic (exact) mass is 865 g/mol. The Bertz CT molecular complexity index is 2700. The molecule has 2 atom stereocenters. The van der Waals surface area contributed by atoms with Gasteiger partial charge in [-0.25, -0.2) is 9.36 Å². The van der Waals surface area contributed by atoms with Crippen LogP contribution in [-0.4, -0.2) is 90.2 Å². The van der Waals surface area contributed by atoms with E-state index in [9.17, 15) is 19.2 Å². The minimum atomic E-state index is -0.826. The number of imide groups is 1. The van der Waals surface area contributed by atoms with Crippen LogP contribution >= 0.6 is 22.9 Å². The smallest absolute Gasteiger partial charge is 0.275 e. The summed E-state index contributed by atoms with van der Waals surface area (Å²) in [6, 6.07) is 12.2. The highest BCUT2D eigenvalue weighted by Crippen LogP contribution is 2.44. The van der Waals surface area contributed by atoms with Gasteiger partial charge in [-0.2, -0.15) is 5.10 Å². The number of carbonyl (C=O) groups excluding carboxylic acids is 3. The first-order valence-electron chi connectivity index (χ1n) is 20.0. The number of anilines is 1. The molecule has 2 aliphatic rings. The fourth-order valence-electron chi connectivity index (χ4n) is 7.54. The number of rotatable bonds is 16. The van der Waals surface area contributed by atoms with Gasteiger partial charge in [0.1, 0.15) is 28.4 Å². The number of allylic oxidation sites excluding steroid dienone is 1. The second-order valence-corrected chi connectivity index (χ2v) is 16.5. The van der Waals surface area contributed by atoms with Crippen molar-refractivity contribution in [2.75, 3.05) is 38.3 Å². The molecule has 4 aromatic heterocycles. The highest BCUT2D eigenvalue weighted by atomic mass is 35.5. The minimum Gasteiger partial charge on any atom is -0.382 e. The van der Waals surface area contributed by atoms with E-state index in [1.165, 1.54) is 10.4 Å². The third kappa shape index (κ3) is 9.02. The SMILES string of the molecule is Cc1sc2c(c1C)C(c1ccc(Cl)cc1)=C[C@@H](CC(=O)NCc1cn(CCOCCOCCNc3cccc4c(=O)n(C5CCC(=O)NC5=O)ncc34)nn1)c1nnc(C)n1-2. The predicted molar refractivity (Wildman–Crippen MR) is 229 cm³/mol. The molecule has 6 heterocycles. The number of piperidine rings is 1. The number of fused-ring (bicyclic) bond motifs is 4. The van der Waals surface area contributed by atoms with Crippen molar-refractivity contribution < 1.29 is 23.9 Å². The molecule has 1 unspecified atom stereocenters. The molecule has 1 saturated heterocycles. The fourth-order valence-corrected chi connectivity index (χ4v) is 8.89. The third-order valence-corrected chi connectivity index (χ3v) is 12.2. The highest BCUT2D eigenvalue weighted by molar-refractivity contribution is 7.15. The van der Waals surface area contributed by atoms with Crippen LogP contribution in [0.25, 0.3) is 21.3 Å². The van der Waals surface area contributed by atoms with Gasteiger partial charge in [0, 0.05) is 51.8 Å². The van der Waals surface area contributed by atoms with Crippen molar-refractivity contribution in [3.63, 3.8) is 0 Å².